The molecule has 6 heteroatoms. The average Bonchev–Trinajstić information content (AvgIpc) is 2.78. The summed E-state index contributed by atoms with van der Waals surface area (Å²) in [5.41, 5.74) is 1.28. The fourth-order valence-corrected chi connectivity index (χ4v) is 4.01. The molecule has 2 saturated heterocycles. The van der Waals surface area contributed by atoms with E-state index in [9.17, 15) is 9.59 Å². The molecule has 1 aromatic rings. The van der Waals surface area contributed by atoms with Crippen molar-refractivity contribution in [3.8, 4) is 0 Å². The van der Waals surface area contributed by atoms with Gasteiger partial charge in [-0.2, -0.15) is 0 Å². The Bertz CT molecular complexity index is 624. The number of amides is 2. The van der Waals surface area contributed by atoms with Gasteiger partial charge in [-0.25, -0.2) is 0 Å². The third-order valence-electron chi connectivity index (χ3n) is 5.85. The van der Waals surface area contributed by atoms with Gasteiger partial charge in [-0.05, 0) is 37.7 Å². The van der Waals surface area contributed by atoms with Gasteiger partial charge < -0.3 is 14.5 Å². The summed E-state index contributed by atoms with van der Waals surface area (Å²) in [6.07, 6.45) is 5.71. The number of rotatable bonds is 9. The first-order valence-electron chi connectivity index (χ1n) is 11.1. The van der Waals surface area contributed by atoms with Crippen LogP contribution in [-0.4, -0.2) is 85.5 Å². The summed E-state index contributed by atoms with van der Waals surface area (Å²) < 4.78 is 5.67. The maximum atomic E-state index is 12.4. The Balaban J connectivity index is 1.23. The normalized spacial score (nSPS) is 18.1. The van der Waals surface area contributed by atoms with Gasteiger partial charge in [0.2, 0.25) is 11.8 Å². The Morgan fingerprint density at radius 2 is 1.48 bits per heavy atom. The number of benzene rings is 1. The van der Waals surface area contributed by atoms with Crippen molar-refractivity contribution in [3.63, 3.8) is 0 Å². The van der Waals surface area contributed by atoms with Gasteiger partial charge in [0.25, 0.3) is 0 Å². The van der Waals surface area contributed by atoms with E-state index in [1.807, 2.05) is 28.0 Å². The zero-order valence-corrected chi connectivity index (χ0v) is 17.6. The average molecular weight is 402 g/mol. The third-order valence-corrected chi connectivity index (χ3v) is 5.85. The molecule has 2 fully saturated rings. The second kappa shape index (κ2) is 11.9. The molecule has 0 aromatic heterocycles. The van der Waals surface area contributed by atoms with Crippen molar-refractivity contribution in [1.82, 2.24) is 14.7 Å². The van der Waals surface area contributed by atoms with Crippen LogP contribution < -0.4 is 0 Å². The lowest BCUT2D eigenvalue weighted by Gasteiger charge is -2.36. The third kappa shape index (κ3) is 7.44. The zero-order valence-electron chi connectivity index (χ0n) is 17.6. The minimum Gasteiger partial charge on any atom is -0.381 e. The van der Waals surface area contributed by atoms with Gasteiger partial charge in [0.1, 0.15) is 0 Å². The number of likely N-dealkylation sites (tertiary alicyclic amines) is 1. The molecule has 0 aliphatic carbocycles. The van der Waals surface area contributed by atoms with Crippen molar-refractivity contribution in [1.29, 1.82) is 0 Å². The molecule has 0 N–H and O–H groups in total. The van der Waals surface area contributed by atoms with E-state index >= 15 is 0 Å². The minimum atomic E-state index is 0.207. The van der Waals surface area contributed by atoms with Gasteiger partial charge in [0.15, 0.2) is 0 Å². The summed E-state index contributed by atoms with van der Waals surface area (Å²) in [5, 5.41) is 0. The highest BCUT2D eigenvalue weighted by Gasteiger charge is 2.24. The van der Waals surface area contributed by atoms with Crippen LogP contribution in [0.3, 0.4) is 0 Å². The fraction of sp³-hybridized carbons (Fsp3) is 0.652. The van der Waals surface area contributed by atoms with Gasteiger partial charge in [-0.15, -0.1) is 0 Å². The first-order valence-corrected chi connectivity index (χ1v) is 11.1. The number of piperazine rings is 1. The molecule has 2 heterocycles. The second-order valence-corrected chi connectivity index (χ2v) is 8.05. The van der Waals surface area contributed by atoms with Crippen molar-refractivity contribution in [3.05, 3.63) is 35.9 Å². The second-order valence-electron chi connectivity index (χ2n) is 8.05. The summed E-state index contributed by atoms with van der Waals surface area (Å²) in [5.74, 6) is 0.454. The molecule has 6 nitrogen and oxygen atoms in total. The van der Waals surface area contributed by atoms with Gasteiger partial charge in [-0.1, -0.05) is 30.3 Å². The number of hydrogen-bond acceptors (Lipinski definition) is 4. The van der Waals surface area contributed by atoms with Crippen LogP contribution in [0.2, 0.25) is 0 Å². The lowest BCUT2D eigenvalue weighted by atomic mass is 10.1. The monoisotopic (exact) mass is 401 g/mol. The van der Waals surface area contributed by atoms with Crippen LogP contribution in [0.25, 0.3) is 0 Å². The topological polar surface area (TPSA) is 53.1 Å². The molecule has 0 spiro atoms. The zero-order chi connectivity index (χ0) is 20.3. The Hall–Kier alpha value is -1.92. The van der Waals surface area contributed by atoms with E-state index in [1.54, 1.807) is 0 Å². The van der Waals surface area contributed by atoms with E-state index in [2.05, 4.69) is 17.0 Å². The summed E-state index contributed by atoms with van der Waals surface area (Å²) in [4.78, 5) is 30.9. The van der Waals surface area contributed by atoms with Gasteiger partial charge >= 0.3 is 0 Å². The Morgan fingerprint density at radius 3 is 2.21 bits per heavy atom. The van der Waals surface area contributed by atoms with Crippen molar-refractivity contribution in [2.24, 2.45) is 0 Å². The van der Waals surface area contributed by atoms with Gasteiger partial charge in [0.05, 0.1) is 13.2 Å². The van der Waals surface area contributed by atoms with E-state index in [-0.39, 0.29) is 11.8 Å². The lowest BCUT2D eigenvalue weighted by molar-refractivity contribution is -0.135. The van der Waals surface area contributed by atoms with E-state index in [0.717, 1.165) is 65.0 Å². The molecule has 0 bridgehead atoms. The van der Waals surface area contributed by atoms with Crippen LogP contribution in [-0.2, 0) is 20.7 Å². The molecular weight excluding hydrogens is 366 g/mol. The number of carbonyl (C=O) groups excluding carboxylic acids is 2. The molecule has 0 unspecified atom stereocenters. The molecule has 0 radical (unpaired) electrons. The summed E-state index contributed by atoms with van der Waals surface area (Å²) in [6.45, 7) is 6.66. The predicted molar refractivity (Wildman–Crippen MR) is 114 cm³/mol. The van der Waals surface area contributed by atoms with Gasteiger partial charge in [-0.3, -0.25) is 14.5 Å². The highest BCUT2D eigenvalue weighted by Crippen LogP contribution is 2.11. The Morgan fingerprint density at radius 1 is 0.793 bits per heavy atom. The van der Waals surface area contributed by atoms with Crippen molar-refractivity contribution >= 4 is 11.8 Å². The van der Waals surface area contributed by atoms with Crippen LogP contribution in [0, 0.1) is 0 Å². The predicted octanol–water partition coefficient (Wildman–Crippen LogP) is 2.18. The Labute approximate surface area is 174 Å². The molecule has 0 saturated carbocycles. The number of nitrogens with zero attached hydrogens (tertiary/aromatic N) is 3. The molecule has 3 rings (SSSR count). The highest BCUT2D eigenvalue weighted by molar-refractivity contribution is 5.78. The minimum absolute atomic E-state index is 0.207. The van der Waals surface area contributed by atoms with Crippen molar-refractivity contribution < 1.29 is 14.3 Å². The van der Waals surface area contributed by atoms with Crippen LogP contribution in [0.1, 0.15) is 37.7 Å². The lowest BCUT2D eigenvalue weighted by Crippen LogP contribution is -2.52. The Kier molecular flexibility index (Phi) is 8.96. The van der Waals surface area contributed by atoms with E-state index < -0.39 is 0 Å². The van der Waals surface area contributed by atoms with Crippen LogP contribution in [0.4, 0.5) is 0 Å². The summed E-state index contributed by atoms with van der Waals surface area (Å²) in [7, 11) is 0. The number of hydrogen-bond donors (Lipinski definition) is 0. The maximum Gasteiger partial charge on any atom is 0.236 e. The van der Waals surface area contributed by atoms with E-state index in [4.69, 9.17) is 4.74 Å². The number of carbonyl (C=O) groups is 2. The molecule has 2 aliphatic rings. The SMILES string of the molecule is O=C(CCCOCCc1ccccc1)N1CCN(CC(=O)N2CCCCC2)CC1. The molecule has 29 heavy (non-hydrogen) atoms. The van der Waals surface area contributed by atoms with Crippen molar-refractivity contribution in [2.75, 3.05) is 59.0 Å². The largest absolute Gasteiger partial charge is 0.381 e. The van der Waals surface area contributed by atoms with Gasteiger partial charge in [0, 0.05) is 52.3 Å². The van der Waals surface area contributed by atoms with Crippen LogP contribution in [0.5, 0.6) is 0 Å². The maximum absolute atomic E-state index is 12.4. The molecule has 1 aromatic carbocycles. The van der Waals surface area contributed by atoms with Crippen LogP contribution >= 0.6 is 0 Å². The first kappa shape index (κ1) is 21.8. The fourth-order valence-electron chi connectivity index (χ4n) is 4.01. The smallest absolute Gasteiger partial charge is 0.236 e. The molecule has 0 atom stereocenters. The molecule has 2 aliphatic heterocycles. The first-order chi connectivity index (χ1) is 14.2. The molecule has 160 valence electrons. The van der Waals surface area contributed by atoms with E-state index in [0.29, 0.717) is 26.2 Å². The highest BCUT2D eigenvalue weighted by atomic mass is 16.5. The summed E-state index contributed by atoms with van der Waals surface area (Å²) in [6, 6.07) is 10.3. The standard InChI is InChI=1S/C23H35N3O3/c27-22(10-7-18-29-19-11-21-8-3-1-4-9-21)26-16-14-24(15-17-26)20-23(28)25-12-5-2-6-13-25/h1,3-4,8-9H,2,5-7,10-20H2. The van der Waals surface area contributed by atoms with Crippen molar-refractivity contribution in [2.45, 2.75) is 38.5 Å². The number of ether oxygens (including phenoxy) is 1. The number of piperidine rings is 1. The molecular formula is C23H35N3O3. The summed E-state index contributed by atoms with van der Waals surface area (Å²) >= 11 is 0. The molecule has 2 amide bonds. The van der Waals surface area contributed by atoms with Crippen LogP contribution in [0.15, 0.2) is 30.3 Å². The van der Waals surface area contributed by atoms with E-state index in [1.165, 1.54) is 12.0 Å². The quantitative estimate of drug-likeness (QED) is 0.595.